The molecule has 0 atom stereocenters. The number of nitrogens with one attached hydrogen (secondary N) is 1. The number of pyridine rings is 1. The summed E-state index contributed by atoms with van der Waals surface area (Å²) in [6.07, 6.45) is 1.76. The molecule has 7 nitrogen and oxygen atoms in total. The lowest BCUT2D eigenvalue weighted by atomic mass is 9.86. The van der Waals surface area contributed by atoms with Gasteiger partial charge in [-0.3, -0.25) is 4.79 Å². The van der Waals surface area contributed by atoms with Crippen LogP contribution in [0.1, 0.15) is 36.2 Å². The third kappa shape index (κ3) is 2.69. The minimum atomic E-state index is -0.647. The summed E-state index contributed by atoms with van der Waals surface area (Å²) in [7, 11) is 0. The van der Waals surface area contributed by atoms with Crippen LogP contribution in [0.5, 0.6) is 0 Å². The molecule has 150 valence electrons. The highest BCUT2D eigenvalue weighted by Crippen LogP contribution is 2.39. The third-order valence-electron chi connectivity index (χ3n) is 5.81. The van der Waals surface area contributed by atoms with Crippen molar-refractivity contribution < 1.29 is 4.79 Å². The Hall–Kier alpha value is -3.61. The van der Waals surface area contributed by atoms with Crippen molar-refractivity contribution in [1.82, 2.24) is 24.7 Å². The first-order valence-electron chi connectivity index (χ1n) is 9.93. The number of fused-ring (bicyclic) bond motifs is 2. The zero-order valence-corrected chi connectivity index (χ0v) is 17.4. The molecule has 7 heteroatoms. The summed E-state index contributed by atoms with van der Waals surface area (Å²) in [5, 5.41) is 8.62. The van der Waals surface area contributed by atoms with Crippen molar-refractivity contribution in [1.29, 1.82) is 0 Å². The molecule has 1 aliphatic heterocycles. The molecular formula is C23H22N6O. The van der Waals surface area contributed by atoms with E-state index in [0.717, 1.165) is 22.3 Å². The summed E-state index contributed by atoms with van der Waals surface area (Å²) in [6, 6.07) is 12.1. The molecule has 0 spiro atoms. The Labute approximate surface area is 174 Å². The number of amides is 1. The fraction of sp³-hybridized carbons (Fsp3) is 0.261. The van der Waals surface area contributed by atoms with Crippen LogP contribution in [0.4, 0.5) is 5.82 Å². The van der Waals surface area contributed by atoms with Gasteiger partial charge in [-0.1, -0.05) is 24.3 Å². The van der Waals surface area contributed by atoms with Crippen LogP contribution in [-0.2, 0) is 16.8 Å². The maximum atomic E-state index is 12.4. The molecule has 1 aliphatic rings. The predicted octanol–water partition coefficient (Wildman–Crippen LogP) is 3.78. The lowest BCUT2D eigenvalue weighted by molar-refractivity contribution is -0.119. The molecule has 0 unspecified atom stereocenters. The van der Waals surface area contributed by atoms with Gasteiger partial charge >= 0.3 is 0 Å². The van der Waals surface area contributed by atoms with E-state index in [1.165, 1.54) is 11.1 Å². The molecular weight excluding hydrogens is 376 g/mol. The molecule has 4 aromatic rings. The number of anilines is 1. The van der Waals surface area contributed by atoms with Crippen LogP contribution in [0.2, 0.25) is 0 Å². The van der Waals surface area contributed by atoms with Gasteiger partial charge in [-0.25, -0.2) is 19.6 Å². The molecule has 0 fully saturated rings. The van der Waals surface area contributed by atoms with E-state index in [0.29, 0.717) is 23.9 Å². The van der Waals surface area contributed by atoms with E-state index in [9.17, 15) is 4.79 Å². The lowest BCUT2D eigenvalue weighted by Gasteiger charge is -2.16. The molecule has 1 N–H and O–H groups in total. The van der Waals surface area contributed by atoms with Crippen LogP contribution in [-0.4, -0.2) is 30.6 Å². The number of carbonyl (C=O) groups excluding carboxylic acids is 1. The molecule has 3 aromatic heterocycles. The molecule has 5 rings (SSSR count). The summed E-state index contributed by atoms with van der Waals surface area (Å²) < 4.78 is 1.89. The maximum Gasteiger partial charge on any atom is 0.235 e. The summed E-state index contributed by atoms with van der Waals surface area (Å²) in [5.74, 6) is 0.993. The van der Waals surface area contributed by atoms with Crippen molar-refractivity contribution in [3.05, 3.63) is 65.0 Å². The van der Waals surface area contributed by atoms with Gasteiger partial charge in [-0.05, 0) is 51.0 Å². The van der Waals surface area contributed by atoms with E-state index in [1.807, 2.05) is 49.7 Å². The average Bonchev–Trinajstić information content (AvgIpc) is 3.18. The highest BCUT2D eigenvalue weighted by Gasteiger charge is 2.41. The van der Waals surface area contributed by atoms with Crippen molar-refractivity contribution in [2.24, 2.45) is 0 Å². The van der Waals surface area contributed by atoms with Gasteiger partial charge in [0.05, 0.1) is 17.3 Å². The van der Waals surface area contributed by atoms with Gasteiger partial charge in [0.2, 0.25) is 5.91 Å². The van der Waals surface area contributed by atoms with Gasteiger partial charge in [0.15, 0.2) is 11.5 Å². The van der Waals surface area contributed by atoms with Crippen LogP contribution in [0.25, 0.3) is 22.6 Å². The van der Waals surface area contributed by atoms with Crippen LogP contribution < -0.4 is 5.32 Å². The Morgan fingerprint density at radius 1 is 1.07 bits per heavy atom. The SMILES string of the molecule is Cc1ccccc1Cn1nc(-c2nc(C)c3c(n2)NC(=O)C3(C)C)c2cccnc21. The zero-order chi connectivity index (χ0) is 21.0. The molecule has 1 amide bonds. The minimum Gasteiger partial charge on any atom is -0.310 e. The summed E-state index contributed by atoms with van der Waals surface area (Å²) in [4.78, 5) is 26.4. The molecule has 1 aromatic carbocycles. The molecule has 0 saturated heterocycles. The van der Waals surface area contributed by atoms with Gasteiger partial charge in [-0.15, -0.1) is 0 Å². The lowest BCUT2D eigenvalue weighted by Crippen LogP contribution is -2.27. The van der Waals surface area contributed by atoms with Crippen LogP contribution in [0, 0.1) is 13.8 Å². The van der Waals surface area contributed by atoms with E-state index in [1.54, 1.807) is 6.20 Å². The smallest absolute Gasteiger partial charge is 0.235 e. The standard InChI is InChI=1S/C23H22N6O/c1-13-8-5-6-9-15(13)12-29-21-16(10-7-11-24-21)18(28-29)20-25-14(2)17-19(26-20)27-22(30)23(17,3)4/h5-11H,12H2,1-4H3,(H,25,26,27,30). The summed E-state index contributed by atoms with van der Waals surface area (Å²) >= 11 is 0. The van der Waals surface area contributed by atoms with E-state index < -0.39 is 5.41 Å². The number of benzene rings is 1. The first-order valence-corrected chi connectivity index (χ1v) is 9.93. The normalized spacial score (nSPS) is 14.7. The van der Waals surface area contributed by atoms with Gasteiger partial charge in [0, 0.05) is 17.5 Å². The maximum absolute atomic E-state index is 12.4. The second-order valence-corrected chi connectivity index (χ2v) is 8.24. The van der Waals surface area contributed by atoms with Crippen molar-refractivity contribution in [3.8, 4) is 11.5 Å². The van der Waals surface area contributed by atoms with E-state index in [4.69, 9.17) is 10.1 Å². The average molecular weight is 398 g/mol. The Balaban J connectivity index is 1.67. The molecule has 0 saturated carbocycles. The predicted molar refractivity (Wildman–Crippen MR) is 115 cm³/mol. The number of hydrogen-bond acceptors (Lipinski definition) is 5. The third-order valence-corrected chi connectivity index (χ3v) is 5.81. The monoisotopic (exact) mass is 398 g/mol. The van der Waals surface area contributed by atoms with Gasteiger partial charge in [-0.2, -0.15) is 5.10 Å². The highest BCUT2D eigenvalue weighted by atomic mass is 16.2. The van der Waals surface area contributed by atoms with Gasteiger partial charge in [0.25, 0.3) is 0 Å². The topological polar surface area (TPSA) is 85.6 Å². The fourth-order valence-corrected chi connectivity index (χ4v) is 4.13. The van der Waals surface area contributed by atoms with Gasteiger partial charge in [0.1, 0.15) is 11.5 Å². The molecule has 30 heavy (non-hydrogen) atoms. The Morgan fingerprint density at radius 2 is 1.87 bits per heavy atom. The molecule has 0 bridgehead atoms. The van der Waals surface area contributed by atoms with Crippen LogP contribution >= 0.6 is 0 Å². The number of nitrogens with zero attached hydrogens (tertiary/aromatic N) is 5. The van der Waals surface area contributed by atoms with E-state index in [-0.39, 0.29) is 5.91 Å². The largest absolute Gasteiger partial charge is 0.310 e. The number of aromatic nitrogens is 5. The molecule has 0 aliphatic carbocycles. The Bertz CT molecular complexity index is 1320. The number of hydrogen-bond donors (Lipinski definition) is 1. The van der Waals surface area contributed by atoms with Crippen molar-refractivity contribution in [3.63, 3.8) is 0 Å². The first-order chi connectivity index (χ1) is 14.4. The molecule has 4 heterocycles. The number of aryl methyl sites for hydroxylation is 2. The summed E-state index contributed by atoms with van der Waals surface area (Å²) in [5.41, 5.74) is 4.80. The first kappa shape index (κ1) is 18.4. The summed E-state index contributed by atoms with van der Waals surface area (Å²) in [6.45, 7) is 8.39. The van der Waals surface area contributed by atoms with E-state index >= 15 is 0 Å². The second-order valence-electron chi connectivity index (χ2n) is 8.24. The van der Waals surface area contributed by atoms with Crippen molar-refractivity contribution >= 4 is 22.8 Å². The van der Waals surface area contributed by atoms with E-state index in [2.05, 4.69) is 34.3 Å². The fourth-order valence-electron chi connectivity index (χ4n) is 4.13. The Kier molecular flexibility index (Phi) is 3.96. The van der Waals surface area contributed by atoms with Crippen molar-refractivity contribution in [2.75, 3.05) is 5.32 Å². The number of rotatable bonds is 3. The minimum absolute atomic E-state index is 0.0661. The van der Waals surface area contributed by atoms with Crippen molar-refractivity contribution in [2.45, 2.75) is 39.7 Å². The quantitative estimate of drug-likeness (QED) is 0.568. The van der Waals surface area contributed by atoms with Crippen LogP contribution in [0.15, 0.2) is 42.6 Å². The second kappa shape index (κ2) is 6.45. The van der Waals surface area contributed by atoms with Crippen LogP contribution in [0.3, 0.4) is 0 Å². The highest BCUT2D eigenvalue weighted by molar-refractivity contribution is 6.05. The number of carbonyl (C=O) groups is 1. The van der Waals surface area contributed by atoms with Gasteiger partial charge < -0.3 is 5.32 Å². The Morgan fingerprint density at radius 3 is 2.67 bits per heavy atom. The zero-order valence-electron chi connectivity index (χ0n) is 17.4. The molecule has 0 radical (unpaired) electrons.